The van der Waals surface area contributed by atoms with Gasteiger partial charge in [-0.15, -0.1) is 0 Å². The first-order valence-corrected chi connectivity index (χ1v) is 8.14. The molecule has 0 unspecified atom stereocenters. The second-order valence-corrected chi connectivity index (χ2v) is 6.20. The van der Waals surface area contributed by atoms with Crippen molar-refractivity contribution in [3.63, 3.8) is 0 Å². The number of nitrogens with zero attached hydrogens (tertiary/aromatic N) is 1. The molecule has 1 amide bonds. The van der Waals surface area contributed by atoms with Gasteiger partial charge in [0, 0.05) is 19.0 Å². The van der Waals surface area contributed by atoms with Crippen LogP contribution >= 0.6 is 0 Å². The van der Waals surface area contributed by atoms with Gasteiger partial charge in [-0.25, -0.2) is 4.39 Å². The molecule has 1 aromatic carbocycles. The lowest BCUT2D eigenvalue weighted by Crippen LogP contribution is -2.34. The highest BCUT2D eigenvalue weighted by Crippen LogP contribution is 2.35. The van der Waals surface area contributed by atoms with Crippen LogP contribution in [0.3, 0.4) is 0 Å². The Labute approximate surface area is 141 Å². The summed E-state index contributed by atoms with van der Waals surface area (Å²) in [5.41, 5.74) is 2.72. The fourth-order valence-electron chi connectivity index (χ4n) is 3.26. The third-order valence-electron chi connectivity index (χ3n) is 4.52. The Kier molecular flexibility index (Phi) is 4.90. The highest BCUT2D eigenvalue weighted by atomic mass is 19.1. The number of hydrogen-bond acceptors (Lipinski definition) is 3. The predicted molar refractivity (Wildman–Crippen MR) is 88.7 cm³/mol. The van der Waals surface area contributed by atoms with Gasteiger partial charge in [-0.3, -0.25) is 9.78 Å². The zero-order valence-corrected chi connectivity index (χ0v) is 13.8. The Morgan fingerprint density at radius 2 is 2.08 bits per heavy atom. The first kappa shape index (κ1) is 16.6. The first-order valence-electron chi connectivity index (χ1n) is 8.14. The van der Waals surface area contributed by atoms with Gasteiger partial charge in [0.1, 0.15) is 5.82 Å². The molecule has 4 nitrogen and oxygen atoms in total. The third kappa shape index (κ3) is 3.46. The molecule has 2 aromatic rings. The van der Waals surface area contributed by atoms with Gasteiger partial charge in [0.05, 0.1) is 18.1 Å². The molecular formula is C19H21FN2O2. The number of nitrogens with one attached hydrogen (secondary N) is 1. The van der Waals surface area contributed by atoms with Crippen molar-refractivity contribution in [1.29, 1.82) is 0 Å². The molecule has 0 radical (unpaired) electrons. The number of hydrogen-bond donors (Lipinski definition) is 1. The molecular weight excluding hydrogens is 307 g/mol. The first-order chi connectivity index (χ1) is 11.6. The Morgan fingerprint density at radius 3 is 2.79 bits per heavy atom. The summed E-state index contributed by atoms with van der Waals surface area (Å²) in [6.07, 6.45) is 3.86. The van der Waals surface area contributed by atoms with E-state index in [0.717, 1.165) is 16.7 Å². The van der Waals surface area contributed by atoms with E-state index in [1.54, 1.807) is 18.5 Å². The minimum atomic E-state index is -0.267. The van der Waals surface area contributed by atoms with Crippen molar-refractivity contribution in [2.45, 2.75) is 32.4 Å². The average molecular weight is 328 g/mol. The molecule has 1 aliphatic rings. The van der Waals surface area contributed by atoms with Crippen LogP contribution in [0.25, 0.3) is 0 Å². The van der Waals surface area contributed by atoms with Crippen LogP contribution < -0.4 is 5.32 Å². The molecule has 0 saturated carbocycles. The van der Waals surface area contributed by atoms with E-state index >= 15 is 0 Å². The monoisotopic (exact) mass is 328 g/mol. The van der Waals surface area contributed by atoms with Crippen molar-refractivity contribution < 1.29 is 13.9 Å². The number of halogens is 1. The van der Waals surface area contributed by atoms with E-state index in [2.05, 4.69) is 10.3 Å². The number of benzene rings is 1. The topological polar surface area (TPSA) is 51.2 Å². The molecule has 1 aromatic heterocycles. The minimum Gasteiger partial charge on any atom is -0.373 e. The van der Waals surface area contributed by atoms with Gasteiger partial charge in [-0.05, 0) is 61.2 Å². The maximum atomic E-state index is 13.2. The van der Waals surface area contributed by atoms with Crippen molar-refractivity contribution in [3.8, 4) is 0 Å². The van der Waals surface area contributed by atoms with Gasteiger partial charge in [0.25, 0.3) is 0 Å². The van der Waals surface area contributed by atoms with Crippen LogP contribution in [0.15, 0.2) is 42.7 Å². The summed E-state index contributed by atoms with van der Waals surface area (Å²) in [4.78, 5) is 16.7. The summed E-state index contributed by atoms with van der Waals surface area (Å²) < 4.78 is 19.0. The Bertz CT molecular complexity index is 721. The lowest BCUT2D eigenvalue weighted by atomic mass is 9.94. The third-order valence-corrected chi connectivity index (χ3v) is 4.52. The molecule has 1 N–H and O–H groups in total. The van der Waals surface area contributed by atoms with Crippen LogP contribution in [0.4, 0.5) is 4.39 Å². The van der Waals surface area contributed by atoms with Crippen molar-refractivity contribution in [1.82, 2.24) is 10.3 Å². The molecule has 0 spiro atoms. The average Bonchev–Trinajstić information content (AvgIpc) is 3.05. The molecule has 0 aliphatic carbocycles. The zero-order valence-electron chi connectivity index (χ0n) is 13.8. The predicted octanol–water partition coefficient (Wildman–Crippen LogP) is 3.48. The summed E-state index contributed by atoms with van der Waals surface area (Å²) in [7, 11) is 0. The number of aromatic nitrogens is 1. The highest BCUT2D eigenvalue weighted by molar-refractivity contribution is 5.80. The second kappa shape index (κ2) is 7.09. The Morgan fingerprint density at radius 1 is 1.33 bits per heavy atom. The molecule has 1 aliphatic heterocycles. The van der Waals surface area contributed by atoms with Crippen molar-refractivity contribution >= 4 is 5.91 Å². The van der Waals surface area contributed by atoms with Crippen LogP contribution in [0, 0.1) is 18.7 Å². The normalized spacial score (nSPS) is 21.5. The quantitative estimate of drug-likeness (QED) is 0.935. The fourth-order valence-corrected chi connectivity index (χ4v) is 3.26. The van der Waals surface area contributed by atoms with Crippen LogP contribution in [0.1, 0.15) is 42.2 Å². The Hall–Kier alpha value is -2.27. The minimum absolute atomic E-state index is 0.0365. The number of amides is 1. The number of carbonyl (C=O) groups excluding carboxylic acids is 1. The van der Waals surface area contributed by atoms with E-state index in [1.807, 2.05) is 26.0 Å². The fraction of sp³-hybridized carbons (Fsp3) is 0.368. The van der Waals surface area contributed by atoms with E-state index in [4.69, 9.17) is 4.74 Å². The van der Waals surface area contributed by atoms with Gasteiger partial charge >= 0.3 is 0 Å². The number of ether oxygens (including phenoxy) is 1. The molecule has 0 bridgehead atoms. The SMILES string of the molecule is Cc1cc(F)ccc1[C@H](C)NC(=O)[C@@H]1CCO[C@H]1c1ccncc1. The van der Waals surface area contributed by atoms with E-state index in [9.17, 15) is 9.18 Å². The van der Waals surface area contributed by atoms with Crippen molar-refractivity contribution in [2.24, 2.45) is 5.92 Å². The molecule has 1 saturated heterocycles. The van der Waals surface area contributed by atoms with E-state index in [0.29, 0.717) is 13.0 Å². The van der Waals surface area contributed by atoms with Gasteiger partial charge in [0.2, 0.25) is 5.91 Å². The van der Waals surface area contributed by atoms with Crippen molar-refractivity contribution in [2.75, 3.05) is 6.61 Å². The van der Waals surface area contributed by atoms with Crippen molar-refractivity contribution in [3.05, 3.63) is 65.2 Å². The second-order valence-electron chi connectivity index (χ2n) is 6.20. The van der Waals surface area contributed by atoms with Gasteiger partial charge in [-0.2, -0.15) is 0 Å². The molecule has 24 heavy (non-hydrogen) atoms. The largest absolute Gasteiger partial charge is 0.373 e. The number of rotatable bonds is 4. The smallest absolute Gasteiger partial charge is 0.226 e. The van der Waals surface area contributed by atoms with E-state index < -0.39 is 0 Å². The maximum absolute atomic E-state index is 13.2. The number of pyridine rings is 1. The molecule has 126 valence electrons. The molecule has 5 heteroatoms. The van der Waals surface area contributed by atoms with Crippen LogP contribution in [-0.4, -0.2) is 17.5 Å². The summed E-state index contributed by atoms with van der Waals surface area (Å²) in [6.45, 7) is 4.32. The van der Waals surface area contributed by atoms with E-state index in [1.165, 1.54) is 12.1 Å². The summed E-state index contributed by atoms with van der Waals surface area (Å²) >= 11 is 0. The molecule has 1 fully saturated rings. The van der Waals surface area contributed by atoms with Gasteiger partial charge in [-0.1, -0.05) is 6.07 Å². The van der Waals surface area contributed by atoms with Crippen LogP contribution in [-0.2, 0) is 9.53 Å². The molecule has 3 atom stereocenters. The lowest BCUT2D eigenvalue weighted by molar-refractivity contribution is -0.127. The maximum Gasteiger partial charge on any atom is 0.226 e. The van der Waals surface area contributed by atoms with Crippen LogP contribution in [0.5, 0.6) is 0 Å². The highest BCUT2D eigenvalue weighted by Gasteiger charge is 2.35. The summed E-state index contributed by atoms with van der Waals surface area (Å²) in [5, 5.41) is 3.04. The molecule has 2 heterocycles. The molecule has 3 rings (SSSR count). The zero-order chi connectivity index (χ0) is 17.1. The standard InChI is InChI=1S/C19H21FN2O2/c1-12-11-15(20)3-4-16(12)13(2)22-19(23)17-7-10-24-18(17)14-5-8-21-9-6-14/h3-6,8-9,11,13,17-18H,7,10H2,1-2H3,(H,22,23)/t13-,17+,18-/m0/s1. The van der Waals surface area contributed by atoms with Gasteiger partial charge in [0.15, 0.2) is 0 Å². The van der Waals surface area contributed by atoms with Crippen LogP contribution in [0.2, 0.25) is 0 Å². The Balaban J connectivity index is 1.72. The summed E-state index contributed by atoms with van der Waals surface area (Å²) in [5.74, 6) is -0.530. The number of aryl methyl sites for hydroxylation is 1. The van der Waals surface area contributed by atoms with Gasteiger partial charge < -0.3 is 10.1 Å². The summed E-state index contributed by atoms with van der Waals surface area (Å²) in [6, 6.07) is 8.20. The number of carbonyl (C=O) groups is 1. The van der Waals surface area contributed by atoms with E-state index in [-0.39, 0.29) is 29.8 Å². The lowest BCUT2D eigenvalue weighted by Gasteiger charge is -2.22.